The lowest BCUT2D eigenvalue weighted by molar-refractivity contribution is -0.124. The summed E-state index contributed by atoms with van der Waals surface area (Å²) in [5.74, 6) is 1.58. The second-order valence-electron chi connectivity index (χ2n) is 8.07. The van der Waals surface area contributed by atoms with Crippen LogP contribution in [0.25, 0.3) is 0 Å². The zero-order chi connectivity index (χ0) is 17.2. The molecular formula is C21H30N2O2. The lowest BCUT2D eigenvalue weighted by Crippen LogP contribution is -2.46. The molecule has 0 bridgehead atoms. The van der Waals surface area contributed by atoms with Crippen molar-refractivity contribution in [2.45, 2.75) is 57.0 Å². The zero-order valence-electron chi connectivity index (χ0n) is 15.0. The van der Waals surface area contributed by atoms with E-state index in [4.69, 9.17) is 0 Å². The van der Waals surface area contributed by atoms with Gasteiger partial charge in [0, 0.05) is 18.6 Å². The van der Waals surface area contributed by atoms with Gasteiger partial charge in [-0.25, -0.2) is 0 Å². The van der Waals surface area contributed by atoms with Gasteiger partial charge in [0.1, 0.15) is 0 Å². The summed E-state index contributed by atoms with van der Waals surface area (Å²) in [7, 11) is 0. The predicted octanol–water partition coefficient (Wildman–Crippen LogP) is 2.66. The van der Waals surface area contributed by atoms with E-state index in [1.54, 1.807) is 0 Å². The van der Waals surface area contributed by atoms with Crippen LogP contribution < -0.4 is 5.32 Å². The van der Waals surface area contributed by atoms with Crippen molar-refractivity contribution in [1.29, 1.82) is 0 Å². The number of fused-ring (bicyclic) bond motifs is 1. The summed E-state index contributed by atoms with van der Waals surface area (Å²) >= 11 is 0. The first kappa shape index (κ1) is 17.0. The first-order valence-corrected chi connectivity index (χ1v) is 9.98. The van der Waals surface area contributed by atoms with Gasteiger partial charge in [-0.3, -0.25) is 9.69 Å². The van der Waals surface area contributed by atoms with E-state index in [2.05, 4.69) is 34.5 Å². The molecule has 1 aromatic rings. The van der Waals surface area contributed by atoms with Crippen LogP contribution >= 0.6 is 0 Å². The van der Waals surface area contributed by atoms with Gasteiger partial charge in [0.25, 0.3) is 0 Å². The van der Waals surface area contributed by atoms with Crippen molar-refractivity contribution in [3.05, 3.63) is 35.4 Å². The first-order valence-electron chi connectivity index (χ1n) is 9.98. The second-order valence-corrected chi connectivity index (χ2v) is 8.07. The van der Waals surface area contributed by atoms with Crippen LogP contribution in [-0.4, -0.2) is 41.7 Å². The SMILES string of the molecule is O=C(CN(CCO)C1CCCc2ccccc21)NC(C1CC1)C1CC1. The van der Waals surface area contributed by atoms with Crippen molar-refractivity contribution in [1.82, 2.24) is 10.2 Å². The summed E-state index contributed by atoms with van der Waals surface area (Å²) in [5.41, 5.74) is 2.74. The highest BCUT2D eigenvalue weighted by Crippen LogP contribution is 2.44. The molecule has 3 aliphatic carbocycles. The highest BCUT2D eigenvalue weighted by atomic mass is 16.3. The highest BCUT2D eigenvalue weighted by molar-refractivity contribution is 5.78. The summed E-state index contributed by atoms with van der Waals surface area (Å²) in [4.78, 5) is 14.9. The van der Waals surface area contributed by atoms with Crippen molar-refractivity contribution in [3.63, 3.8) is 0 Å². The number of amides is 1. The number of benzene rings is 1. The Morgan fingerprint density at radius 2 is 1.88 bits per heavy atom. The molecule has 0 heterocycles. The number of aliphatic hydroxyl groups is 1. The molecule has 0 aliphatic heterocycles. The van der Waals surface area contributed by atoms with Gasteiger partial charge in [0.2, 0.25) is 5.91 Å². The van der Waals surface area contributed by atoms with Gasteiger partial charge in [0.05, 0.1) is 13.2 Å². The minimum atomic E-state index is 0.0978. The Balaban J connectivity index is 1.43. The molecule has 136 valence electrons. The van der Waals surface area contributed by atoms with Gasteiger partial charge in [0.15, 0.2) is 0 Å². The molecule has 4 rings (SSSR count). The summed E-state index contributed by atoms with van der Waals surface area (Å²) in [6.07, 6.45) is 8.44. The quantitative estimate of drug-likeness (QED) is 0.764. The molecule has 2 saturated carbocycles. The van der Waals surface area contributed by atoms with Crippen LogP contribution in [0.15, 0.2) is 24.3 Å². The van der Waals surface area contributed by atoms with E-state index in [0.29, 0.717) is 19.1 Å². The monoisotopic (exact) mass is 342 g/mol. The average Bonchev–Trinajstić information content (AvgIpc) is 3.52. The van der Waals surface area contributed by atoms with Crippen molar-refractivity contribution in [2.24, 2.45) is 11.8 Å². The number of nitrogens with zero attached hydrogens (tertiary/aromatic N) is 1. The number of hydrogen-bond donors (Lipinski definition) is 2. The summed E-state index contributed by atoms with van der Waals surface area (Å²) < 4.78 is 0. The maximum Gasteiger partial charge on any atom is 0.234 e. The van der Waals surface area contributed by atoms with Crippen LogP contribution in [0.1, 0.15) is 55.7 Å². The van der Waals surface area contributed by atoms with Crippen LogP contribution in [0.5, 0.6) is 0 Å². The molecule has 1 aromatic carbocycles. The van der Waals surface area contributed by atoms with Crippen LogP contribution in [-0.2, 0) is 11.2 Å². The van der Waals surface area contributed by atoms with Crippen molar-refractivity contribution in [2.75, 3.05) is 19.7 Å². The van der Waals surface area contributed by atoms with Gasteiger partial charge in [-0.05, 0) is 67.9 Å². The summed E-state index contributed by atoms with van der Waals surface area (Å²) in [6.45, 7) is 1.06. The maximum atomic E-state index is 12.7. The normalized spacial score (nSPS) is 22.9. The van der Waals surface area contributed by atoms with Crippen molar-refractivity contribution < 1.29 is 9.90 Å². The van der Waals surface area contributed by atoms with Gasteiger partial charge in [-0.15, -0.1) is 0 Å². The third-order valence-corrected chi connectivity index (χ3v) is 6.10. The van der Waals surface area contributed by atoms with E-state index in [-0.39, 0.29) is 18.6 Å². The van der Waals surface area contributed by atoms with E-state index < -0.39 is 0 Å². The number of carbonyl (C=O) groups excluding carboxylic acids is 1. The smallest absolute Gasteiger partial charge is 0.234 e. The van der Waals surface area contributed by atoms with E-state index in [9.17, 15) is 9.90 Å². The van der Waals surface area contributed by atoms with Crippen LogP contribution in [0.3, 0.4) is 0 Å². The molecule has 1 unspecified atom stereocenters. The van der Waals surface area contributed by atoms with Gasteiger partial charge < -0.3 is 10.4 Å². The topological polar surface area (TPSA) is 52.6 Å². The lowest BCUT2D eigenvalue weighted by Gasteiger charge is -2.35. The van der Waals surface area contributed by atoms with Crippen molar-refractivity contribution >= 4 is 5.91 Å². The van der Waals surface area contributed by atoms with Crippen LogP contribution in [0, 0.1) is 11.8 Å². The predicted molar refractivity (Wildman–Crippen MR) is 98.2 cm³/mol. The average molecular weight is 342 g/mol. The fourth-order valence-electron chi connectivity index (χ4n) is 4.53. The molecule has 2 N–H and O–H groups in total. The molecule has 1 amide bonds. The number of aryl methyl sites for hydroxylation is 1. The lowest BCUT2D eigenvalue weighted by atomic mass is 9.86. The Labute approximate surface area is 150 Å². The number of rotatable bonds is 8. The Hall–Kier alpha value is -1.39. The fraction of sp³-hybridized carbons (Fsp3) is 0.667. The second kappa shape index (κ2) is 7.46. The van der Waals surface area contributed by atoms with E-state index in [1.165, 1.54) is 36.8 Å². The fourth-order valence-corrected chi connectivity index (χ4v) is 4.53. The molecule has 25 heavy (non-hydrogen) atoms. The molecule has 0 spiro atoms. The summed E-state index contributed by atoms with van der Waals surface area (Å²) in [6, 6.07) is 9.24. The molecule has 0 saturated heterocycles. The third kappa shape index (κ3) is 4.06. The van der Waals surface area contributed by atoms with Crippen LogP contribution in [0.2, 0.25) is 0 Å². The molecule has 0 radical (unpaired) electrons. The Bertz CT molecular complexity index is 598. The molecule has 0 aromatic heterocycles. The largest absolute Gasteiger partial charge is 0.395 e. The molecule has 2 fully saturated rings. The number of nitrogens with one attached hydrogen (secondary N) is 1. The molecular weight excluding hydrogens is 312 g/mol. The Morgan fingerprint density at radius 3 is 2.56 bits per heavy atom. The van der Waals surface area contributed by atoms with E-state index >= 15 is 0 Å². The van der Waals surface area contributed by atoms with Gasteiger partial charge in [-0.1, -0.05) is 24.3 Å². The number of carbonyl (C=O) groups is 1. The van der Waals surface area contributed by atoms with Crippen molar-refractivity contribution in [3.8, 4) is 0 Å². The highest BCUT2D eigenvalue weighted by Gasteiger charge is 2.42. The minimum absolute atomic E-state index is 0.0978. The maximum absolute atomic E-state index is 12.7. The van der Waals surface area contributed by atoms with Crippen LogP contribution in [0.4, 0.5) is 0 Å². The van der Waals surface area contributed by atoms with Gasteiger partial charge in [-0.2, -0.15) is 0 Å². The first-order chi connectivity index (χ1) is 12.3. The number of hydrogen-bond acceptors (Lipinski definition) is 3. The molecule has 4 heteroatoms. The van der Waals surface area contributed by atoms with E-state index in [1.807, 2.05) is 0 Å². The number of aliphatic hydroxyl groups excluding tert-OH is 1. The summed E-state index contributed by atoms with van der Waals surface area (Å²) in [5, 5.41) is 12.9. The standard InChI is InChI=1S/C21H30N2O2/c24-13-12-23(19-7-3-5-15-4-1-2-6-18(15)19)14-20(25)22-21(16-8-9-16)17-10-11-17/h1-2,4,6,16-17,19,21,24H,3,5,7-14H2,(H,22,25). The molecule has 4 nitrogen and oxygen atoms in total. The Kier molecular flexibility index (Phi) is 5.09. The van der Waals surface area contributed by atoms with Gasteiger partial charge >= 0.3 is 0 Å². The zero-order valence-corrected chi connectivity index (χ0v) is 15.0. The van der Waals surface area contributed by atoms with E-state index in [0.717, 1.165) is 31.1 Å². The Morgan fingerprint density at radius 1 is 1.16 bits per heavy atom. The minimum Gasteiger partial charge on any atom is -0.395 e. The third-order valence-electron chi connectivity index (χ3n) is 6.10. The molecule has 3 aliphatic rings. The molecule has 1 atom stereocenters.